The highest BCUT2D eigenvalue weighted by molar-refractivity contribution is 7.99. The lowest BCUT2D eigenvalue weighted by atomic mass is 10.2. The molecule has 0 fully saturated rings. The number of aryl methyl sites for hydroxylation is 1. The van der Waals surface area contributed by atoms with E-state index in [9.17, 15) is 14.7 Å². The van der Waals surface area contributed by atoms with Gasteiger partial charge in [-0.15, -0.1) is 11.5 Å². The van der Waals surface area contributed by atoms with Gasteiger partial charge in [-0.05, 0) is 42.8 Å². The minimum atomic E-state index is -1.11. The molecule has 0 unspecified atom stereocenters. The monoisotopic (exact) mass is 663 g/mol. The lowest BCUT2D eigenvalue weighted by Gasteiger charge is -2.09. The van der Waals surface area contributed by atoms with Gasteiger partial charge in [0.2, 0.25) is 11.8 Å². The third kappa shape index (κ3) is 7.55. The van der Waals surface area contributed by atoms with Gasteiger partial charge in [0.1, 0.15) is 18.2 Å². The third-order valence-corrected chi connectivity index (χ3v) is 7.82. The molecule has 11 nitrogen and oxygen atoms in total. The first-order valence-corrected chi connectivity index (χ1v) is 14.5. The molecular weight excluding hydrogens is 641 g/mol. The first kappa shape index (κ1) is 32.0. The van der Waals surface area contributed by atoms with Crippen LogP contribution in [0, 0.1) is 12.3 Å². The predicted octanol–water partition coefficient (Wildman–Crippen LogP) is 5.69. The highest BCUT2D eigenvalue weighted by Crippen LogP contribution is 2.34. The molecule has 43 heavy (non-hydrogen) atoms. The molecule has 1 N–H and O–H groups in total. The van der Waals surface area contributed by atoms with Crippen molar-refractivity contribution in [2.45, 2.75) is 35.9 Å². The summed E-state index contributed by atoms with van der Waals surface area (Å²) in [5.74, 6) is 3.04. The van der Waals surface area contributed by atoms with Gasteiger partial charge in [-0.2, -0.15) is 14.6 Å². The van der Waals surface area contributed by atoms with Crippen LogP contribution in [-0.2, 0) is 13.0 Å². The number of carboxylic acid groups (broad SMARTS) is 1. The first-order valence-electron chi connectivity index (χ1n) is 12.6. The number of fused-ring (bicyclic) bond motifs is 1. The van der Waals surface area contributed by atoms with E-state index in [0.29, 0.717) is 49.8 Å². The summed E-state index contributed by atoms with van der Waals surface area (Å²) >= 11 is 19.3. The van der Waals surface area contributed by atoms with Crippen molar-refractivity contribution in [1.29, 1.82) is 0 Å². The van der Waals surface area contributed by atoms with Crippen molar-refractivity contribution in [2.24, 2.45) is 0 Å². The van der Waals surface area contributed by atoms with Gasteiger partial charge in [-0.1, -0.05) is 46.8 Å². The standard InChI is InChI=1S/C15H13Cl2N3O2.C13H11ClN2O4S/c1-2-7-22-13-9-12(10(16)8-11(13)17)20-15(21)19-6-4-3-5-14(19)18-20;1-19-9-6-10(20-2)16-13(15-9)21-8-5-3-4-7(14)11(8)12(17)18/h1,8-9H,3-7H2;3-6H,1-2H3,(H,17,18). The summed E-state index contributed by atoms with van der Waals surface area (Å²) in [6.45, 7) is 0.759. The van der Waals surface area contributed by atoms with E-state index < -0.39 is 5.97 Å². The SMILES string of the molecule is C#CCOc1cc(-n2nc3n(c2=O)CCCC3)c(Cl)cc1Cl.COc1cc(OC)nc(Sc2cccc(Cl)c2C(=O)O)n1. The topological polar surface area (TPSA) is 131 Å². The summed E-state index contributed by atoms with van der Waals surface area (Å²) in [4.78, 5) is 32.5. The maximum Gasteiger partial charge on any atom is 0.350 e. The predicted molar refractivity (Wildman–Crippen MR) is 163 cm³/mol. The molecule has 0 saturated heterocycles. The quantitative estimate of drug-likeness (QED) is 0.185. The van der Waals surface area contributed by atoms with Gasteiger partial charge in [-0.25, -0.2) is 9.59 Å². The number of rotatable bonds is 8. The zero-order valence-electron chi connectivity index (χ0n) is 22.8. The van der Waals surface area contributed by atoms with Crippen LogP contribution in [0.1, 0.15) is 29.0 Å². The third-order valence-electron chi connectivity index (χ3n) is 5.98. The molecule has 0 radical (unpaired) electrons. The van der Waals surface area contributed by atoms with Crippen molar-refractivity contribution in [1.82, 2.24) is 24.3 Å². The average molecular weight is 665 g/mol. The summed E-state index contributed by atoms with van der Waals surface area (Å²) in [5, 5.41) is 14.7. The molecule has 0 amide bonds. The van der Waals surface area contributed by atoms with E-state index in [-0.39, 0.29) is 22.9 Å². The van der Waals surface area contributed by atoms with Crippen LogP contribution in [-0.4, -0.2) is 56.2 Å². The summed E-state index contributed by atoms with van der Waals surface area (Å²) in [7, 11) is 2.94. The van der Waals surface area contributed by atoms with Crippen LogP contribution in [0.2, 0.25) is 15.1 Å². The summed E-state index contributed by atoms with van der Waals surface area (Å²) in [5.41, 5.74) is 0.237. The fraction of sp³-hybridized carbons (Fsp3) is 0.250. The van der Waals surface area contributed by atoms with E-state index in [2.05, 4.69) is 21.0 Å². The van der Waals surface area contributed by atoms with Crippen LogP contribution in [0.3, 0.4) is 0 Å². The molecule has 2 aromatic carbocycles. The van der Waals surface area contributed by atoms with Gasteiger partial charge in [0.05, 0.1) is 46.6 Å². The Morgan fingerprint density at radius 2 is 1.79 bits per heavy atom. The number of ether oxygens (including phenoxy) is 3. The lowest BCUT2D eigenvalue weighted by molar-refractivity contribution is 0.0693. The van der Waals surface area contributed by atoms with Crippen LogP contribution in [0.5, 0.6) is 17.5 Å². The van der Waals surface area contributed by atoms with Crippen LogP contribution in [0.25, 0.3) is 5.69 Å². The number of hydrogen-bond acceptors (Lipinski definition) is 9. The van der Waals surface area contributed by atoms with Gasteiger partial charge in [-0.3, -0.25) is 4.57 Å². The Labute approximate surface area is 265 Å². The Morgan fingerprint density at radius 1 is 1.07 bits per heavy atom. The molecule has 224 valence electrons. The molecule has 15 heteroatoms. The Hall–Kier alpha value is -3.89. The van der Waals surface area contributed by atoms with Crippen molar-refractivity contribution >= 4 is 52.5 Å². The largest absolute Gasteiger partial charge is 0.481 e. The minimum Gasteiger partial charge on any atom is -0.481 e. The van der Waals surface area contributed by atoms with E-state index >= 15 is 0 Å². The van der Waals surface area contributed by atoms with Crippen molar-refractivity contribution in [2.75, 3.05) is 20.8 Å². The van der Waals surface area contributed by atoms with Gasteiger partial charge in [0.15, 0.2) is 5.16 Å². The molecule has 0 bridgehead atoms. The number of aromatic nitrogens is 5. The van der Waals surface area contributed by atoms with Crippen molar-refractivity contribution in [3.63, 3.8) is 0 Å². The Balaban J connectivity index is 0.000000197. The van der Waals surface area contributed by atoms with Crippen molar-refractivity contribution in [3.05, 3.63) is 73.3 Å². The number of carboxylic acids is 1. The molecule has 4 aromatic rings. The van der Waals surface area contributed by atoms with E-state index in [0.717, 1.165) is 36.8 Å². The maximum atomic E-state index is 12.5. The number of halogens is 3. The van der Waals surface area contributed by atoms with Crippen LogP contribution in [0.4, 0.5) is 0 Å². The highest BCUT2D eigenvalue weighted by Gasteiger charge is 2.20. The molecule has 0 spiro atoms. The molecule has 0 saturated carbocycles. The maximum absolute atomic E-state index is 12.5. The number of nitrogens with zero attached hydrogens (tertiary/aromatic N) is 5. The smallest absolute Gasteiger partial charge is 0.350 e. The number of terminal acetylenes is 1. The molecule has 1 aliphatic heterocycles. The number of methoxy groups -OCH3 is 2. The zero-order valence-corrected chi connectivity index (χ0v) is 25.9. The van der Waals surface area contributed by atoms with E-state index in [1.54, 1.807) is 22.8 Å². The summed E-state index contributed by atoms with van der Waals surface area (Å²) in [6, 6.07) is 9.45. The summed E-state index contributed by atoms with van der Waals surface area (Å²) < 4.78 is 18.4. The molecular formula is C28H24Cl3N5O6S. The fourth-order valence-corrected chi connectivity index (χ4v) is 5.74. The molecule has 0 aliphatic carbocycles. The minimum absolute atomic E-state index is 0.00885. The summed E-state index contributed by atoms with van der Waals surface area (Å²) in [6.07, 6.45) is 7.97. The Kier molecular flexibility index (Phi) is 10.8. The van der Waals surface area contributed by atoms with Crippen LogP contribution < -0.4 is 19.9 Å². The Bertz CT molecular complexity index is 1730. The van der Waals surface area contributed by atoms with E-state index in [1.807, 2.05) is 0 Å². The number of carbonyl (C=O) groups is 1. The van der Waals surface area contributed by atoms with Gasteiger partial charge < -0.3 is 19.3 Å². The van der Waals surface area contributed by atoms with E-state index in [1.165, 1.54) is 37.1 Å². The van der Waals surface area contributed by atoms with Gasteiger partial charge in [0.25, 0.3) is 0 Å². The normalized spacial score (nSPS) is 11.9. The zero-order chi connectivity index (χ0) is 31.1. The van der Waals surface area contributed by atoms with Crippen molar-refractivity contribution in [3.8, 4) is 35.5 Å². The number of hydrogen-bond donors (Lipinski definition) is 1. The lowest BCUT2D eigenvalue weighted by Crippen LogP contribution is -2.26. The first-order chi connectivity index (χ1) is 20.7. The van der Waals surface area contributed by atoms with Gasteiger partial charge >= 0.3 is 11.7 Å². The molecule has 2 aromatic heterocycles. The van der Waals surface area contributed by atoms with Gasteiger partial charge in [0, 0.05) is 23.9 Å². The number of benzene rings is 2. The average Bonchev–Trinajstić information content (AvgIpc) is 3.32. The second kappa shape index (κ2) is 14.5. The Morgan fingerprint density at radius 3 is 2.42 bits per heavy atom. The fourth-order valence-electron chi connectivity index (χ4n) is 4.00. The highest BCUT2D eigenvalue weighted by atomic mass is 35.5. The molecule has 1 aliphatic rings. The second-order valence-corrected chi connectivity index (χ2v) is 10.9. The molecule has 3 heterocycles. The molecule has 5 rings (SSSR count). The van der Waals surface area contributed by atoms with Crippen molar-refractivity contribution < 1.29 is 24.1 Å². The van der Waals surface area contributed by atoms with Crippen LogP contribution >= 0.6 is 46.6 Å². The molecule has 0 atom stereocenters. The second-order valence-electron chi connectivity index (χ2n) is 8.70. The van der Waals surface area contributed by atoms with Crippen LogP contribution in [0.15, 0.2) is 51.2 Å². The number of aromatic carboxylic acids is 1. The van der Waals surface area contributed by atoms with E-state index in [4.69, 9.17) is 55.4 Å².